The fraction of sp³-hybridized carbons (Fsp3) is 0.310. The second-order valence-corrected chi connectivity index (χ2v) is 9.96. The number of hydrogen-bond donors (Lipinski definition) is 0. The summed E-state index contributed by atoms with van der Waals surface area (Å²) < 4.78 is 5.15. The van der Waals surface area contributed by atoms with Crippen LogP contribution in [-0.2, 0) is 0 Å². The molecule has 2 aliphatic heterocycles. The Labute approximate surface area is 221 Å². The van der Waals surface area contributed by atoms with Gasteiger partial charge in [-0.25, -0.2) is 4.98 Å². The summed E-state index contributed by atoms with van der Waals surface area (Å²) in [6, 6.07) is 14.7. The number of pyridine rings is 2. The Morgan fingerprint density at radius 3 is 2.30 bits per heavy atom. The molecule has 2 saturated heterocycles. The van der Waals surface area contributed by atoms with Crippen molar-refractivity contribution in [3.8, 4) is 17.7 Å². The van der Waals surface area contributed by atoms with Crippen LogP contribution in [0.4, 0.5) is 0 Å². The van der Waals surface area contributed by atoms with Gasteiger partial charge in [0.05, 0.1) is 12.7 Å². The normalized spacial score (nSPS) is 16.3. The van der Waals surface area contributed by atoms with Crippen LogP contribution in [0.5, 0.6) is 5.88 Å². The molecule has 7 nitrogen and oxygen atoms in total. The van der Waals surface area contributed by atoms with Gasteiger partial charge in [-0.15, -0.1) is 0 Å². The second kappa shape index (κ2) is 10.6. The zero-order valence-electron chi connectivity index (χ0n) is 20.6. The fourth-order valence-corrected chi connectivity index (χ4v) is 5.26. The summed E-state index contributed by atoms with van der Waals surface area (Å²) in [5.74, 6) is 6.43. The molecule has 4 heterocycles. The summed E-state index contributed by atoms with van der Waals surface area (Å²) in [4.78, 5) is 38.4. The molecule has 2 aliphatic rings. The van der Waals surface area contributed by atoms with Crippen molar-refractivity contribution < 1.29 is 14.3 Å². The fourth-order valence-electron chi connectivity index (χ4n) is 5.06. The highest BCUT2D eigenvalue weighted by atomic mass is 35.5. The zero-order chi connectivity index (χ0) is 25.8. The number of carbonyl (C=O) groups excluding carboxylic acids is 2. The predicted molar refractivity (Wildman–Crippen MR) is 141 cm³/mol. The van der Waals surface area contributed by atoms with E-state index < -0.39 is 0 Å². The molecular weight excluding hydrogens is 488 g/mol. The Morgan fingerprint density at radius 2 is 1.57 bits per heavy atom. The molecule has 2 aromatic heterocycles. The molecule has 5 rings (SSSR count). The van der Waals surface area contributed by atoms with Gasteiger partial charge in [0, 0.05) is 61.3 Å². The molecule has 0 atom stereocenters. The van der Waals surface area contributed by atoms with Crippen molar-refractivity contribution in [2.45, 2.75) is 19.3 Å². The number of amides is 2. The molecule has 0 N–H and O–H groups in total. The summed E-state index contributed by atoms with van der Waals surface area (Å²) in [6.45, 7) is 2.65. The second-order valence-electron chi connectivity index (χ2n) is 9.57. The first-order chi connectivity index (χ1) is 17.9. The van der Waals surface area contributed by atoms with Gasteiger partial charge in [0.25, 0.3) is 11.8 Å². The average Bonchev–Trinajstić information content (AvgIpc) is 3.35. The van der Waals surface area contributed by atoms with Crippen LogP contribution in [0.15, 0.2) is 60.9 Å². The van der Waals surface area contributed by atoms with Crippen LogP contribution >= 0.6 is 11.6 Å². The minimum Gasteiger partial charge on any atom is -0.481 e. The van der Waals surface area contributed by atoms with E-state index in [9.17, 15) is 9.59 Å². The molecule has 1 aromatic carbocycles. The highest BCUT2D eigenvalue weighted by Crippen LogP contribution is 2.41. The molecule has 0 radical (unpaired) electrons. The highest BCUT2D eigenvalue weighted by molar-refractivity contribution is 6.29. The first-order valence-corrected chi connectivity index (χ1v) is 12.6. The van der Waals surface area contributed by atoms with Crippen LogP contribution in [-0.4, -0.2) is 64.9 Å². The van der Waals surface area contributed by atoms with Gasteiger partial charge in [-0.05, 0) is 48.9 Å². The van der Waals surface area contributed by atoms with E-state index >= 15 is 0 Å². The van der Waals surface area contributed by atoms with E-state index in [0.717, 1.165) is 24.8 Å². The lowest BCUT2D eigenvalue weighted by Gasteiger charge is -2.39. The number of halogens is 1. The summed E-state index contributed by atoms with van der Waals surface area (Å²) >= 11 is 6.05. The van der Waals surface area contributed by atoms with E-state index in [1.54, 1.807) is 24.5 Å². The molecule has 188 valence electrons. The van der Waals surface area contributed by atoms with E-state index in [1.165, 1.54) is 7.11 Å². The highest BCUT2D eigenvalue weighted by Gasteiger charge is 2.43. The number of methoxy groups -OCH3 is 1. The van der Waals surface area contributed by atoms with E-state index in [2.05, 4.69) is 21.8 Å². The molecule has 0 aliphatic carbocycles. The third-order valence-electron chi connectivity index (χ3n) is 7.17. The molecule has 0 bridgehead atoms. The minimum atomic E-state index is -0.0807. The van der Waals surface area contributed by atoms with E-state index in [0.29, 0.717) is 48.7 Å². The number of piperidine rings is 1. The van der Waals surface area contributed by atoms with E-state index in [4.69, 9.17) is 16.3 Å². The van der Waals surface area contributed by atoms with Gasteiger partial charge in [0.2, 0.25) is 5.88 Å². The number of aromatic nitrogens is 2. The third-order valence-corrected chi connectivity index (χ3v) is 7.37. The SMILES string of the molecule is COc1cc(C(=O)N2CCC3(CC2)CCN(C(=O)c2cncc(C#Cc4ccccc4)c2)C3)cc(Cl)n1. The van der Waals surface area contributed by atoms with E-state index in [-0.39, 0.29) is 22.4 Å². The van der Waals surface area contributed by atoms with Gasteiger partial charge in [0.1, 0.15) is 5.15 Å². The van der Waals surface area contributed by atoms with Gasteiger partial charge in [-0.1, -0.05) is 41.6 Å². The number of hydrogen-bond acceptors (Lipinski definition) is 5. The lowest BCUT2D eigenvalue weighted by atomic mass is 9.77. The molecule has 2 amide bonds. The van der Waals surface area contributed by atoms with Crippen LogP contribution < -0.4 is 4.74 Å². The Morgan fingerprint density at radius 1 is 0.892 bits per heavy atom. The number of rotatable bonds is 3. The first-order valence-electron chi connectivity index (χ1n) is 12.3. The smallest absolute Gasteiger partial charge is 0.255 e. The van der Waals surface area contributed by atoms with Crippen LogP contribution in [0.1, 0.15) is 51.1 Å². The molecule has 8 heteroatoms. The molecule has 2 fully saturated rings. The number of benzene rings is 1. The summed E-state index contributed by atoms with van der Waals surface area (Å²) in [5, 5.41) is 0.228. The van der Waals surface area contributed by atoms with Crippen LogP contribution in [0, 0.1) is 17.3 Å². The number of nitrogens with zero attached hydrogens (tertiary/aromatic N) is 4. The van der Waals surface area contributed by atoms with E-state index in [1.807, 2.05) is 46.2 Å². The van der Waals surface area contributed by atoms with Gasteiger partial charge in [0.15, 0.2) is 0 Å². The first kappa shape index (κ1) is 24.8. The summed E-state index contributed by atoms with van der Waals surface area (Å²) in [5.41, 5.74) is 2.67. The van der Waals surface area contributed by atoms with Gasteiger partial charge in [-0.2, -0.15) is 0 Å². The maximum atomic E-state index is 13.3. The molecule has 37 heavy (non-hydrogen) atoms. The largest absolute Gasteiger partial charge is 0.481 e. The average molecular weight is 515 g/mol. The predicted octanol–water partition coefficient (Wildman–Crippen LogP) is 4.31. The molecular formula is C29H27ClN4O3. The standard InChI is InChI=1S/C29H27ClN4O3/c1-37-26-17-23(16-25(30)32-26)27(35)33-12-9-29(10-13-33)11-14-34(20-29)28(36)24-15-22(18-31-19-24)8-7-21-5-3-2-4-6-21/h2-6,15-19H,9-14,20H2,1H3. The summed E-state index contributed by atoms with van der Waals surface area (Å²) in [7, 11) is 1.50. The maximum Gasteiger partial charge on any atom is 0.255 e. The van der Waals surface area contributed by atoms with Gasteiger partial charge < -0.3 is 14.5 Å². The Balaban J connectivity index is 1.21. The maximum absolute atomic E-state index is 13.3. The van der Waals surface area contributed by atoms with Crippen LogP contribution in [0.3, 0.4) is 0 Å². The van der Waals surface area contributed by atoms with Crippen molar-refractivity contribution >= 4 is 23.4 Å². The minimum absolute atomic E-state index is 0.0234. The lowest BCUT2D eigenvalue weighted by Crippen LogP contribution is -2.44. The Hall–Kier alpha value is -3.89. The van der Waals surface area contributed by atoms with Gasteiger partial charge in [-0.3, -0.25) is 14.6 Å². The van der Waals surface area contributed by atoms with Crippen molar-refractivity contribution in [1.82, 2.24) is 19.8 Å². The quantitative estimate of drug-likeness (QED) is 0.384. The van der Waals surface area contributed by atoms with Crippen molar-refractivity contribution in [3.05, 3.63) is 88.3 Å². The van der Waals surface area contributed by atoms with Crippen molar-refractivity contribution in [1.29, 1.82) is 0 Å². The molecule has 3 aromatic rings. The molecule has 1 spiro atoms. The lowest BCUT2D eigenvalue weighted by molar-refractivity contribution is 0.0565. The molecule has 0 unspecified atom stereocenters. The zero-order valence-corrected chi connectivity index (χ0v) is 21.4. The van der Waals surface area contributed by atoms with Crippen LogP contribution in [0.25, 0.3) is 0 Å². The number of likely N-dealkylation sites (tertiary alicyclic amines) is 2. The van der Waals surface area contributed by atoms with Crippen molar-refractivity contribution in [3.63, 3.8) is 0 Å². The number of ether oxygens (including phenoxy) is 1. The summed E-state index contributed by atoms with van der Waals surface area (Å²) in [6.07, 6.45) is 5.90. The van der Waals surface area contributed by atoms with Crippen molar-refractivity contribution in [2.75, 3.05) is 33.3 Å². The van der Waals surface area contributed by atoms with Crippen LogP contribution in [0.2, 0.25) is 5.15 Å². The Bertz CT molecular complexity index is 1370. The molecule has 0 saturated carbocycles. The third kappa shape index (κ3) is 5.60. The monoisotopic (exact) mass is 514 g/mol. The Kier molecular flexibility index (Phi) is 7.11. The van der Waals surface area contributed by atoms with Gasteiger partial charge >= 0.3 is 0 Å². The van der Waals surface area contributed by atoms with Crippen molar-refractivity contribution in [2.24, 2.45) is 5.41 Å². The topological polar surface area (TPSA) is 75.6 Å². The number of carbonyl (C=O) groups is 2.